The van der Waals surface area contributed by atoms with Crippen LogP contribution in [0.25, 0.3) is 5.65 Å². The number of fused-ring (bicyclic) bond motifs is 2. The molecule has 0 bridgehead atoms. The fraction of sp³-hybridized carbons (Fsp3) is 0.350. The van der Waals surface area contributed by atoms with Crippen molar-refractivity contribution >= 4 is 27.6 Å². The van der Waals surface area contributed by atoms with Gasteiger partial charge in [-0.05, 0) is 54.7 Å². The summed E-state index contributed by atoms with van der Waals surface area (Å²) in [5.74, 6) is 0.762. The maximum Gasteiger partial charge on any atom is 0.315 e. The molecule has 7 heteroatoms. The lowest BCUT2D eigenvalue weighted by molar-refractivity contribution is 0.231. The van der Waals surface area contributed by atoms with Gasteiger partial charge in [-0.25, -0.2) is 4.79 Å². The summed E-state index contributed by atoms with van der Waals surface area (Å²) in [4.78, 5) is 12.7. The summed E-state index contributed by atoms with van der Waals surface area (Å²) in [6, 6.07) is 11.7. The van der Waals surface area contributed by atoms with E-state index in [0.29, 0.717) is 0 Å². The summed E-state index contributed by atoms with van der Waals surface area (Å²) in [6.07, 6.45) is 5.57. The molecule has 0 aliphatic heterocycles. The van der Waals surface area contributed by atoms with E-state index in [0.717, 1.165) is 41.6 Å². The predicted octanol–water partition coefficient (Wildman–Crippen LogP) is 4.32. The van der Waals surface area contributed by atoms with Crippen LogP contribution in [-0.2, 0) is 6.42 Å². The first kappa shape index (κ1) is 18.0. The third-order valence-electron chi connectivity index (χ3n) is 5.02. The third-order valence-corrected chi connectivity index (χ3v) is 5.52. The Balaban J connectivity index is 1.49. The summed E-state index contributed by atoms with van der Waals surface area (Å²) in [5.41, 5.74) is 3.28. The highest BCUT2D eigenvalue weighted by molar-refractivity contribution is 9.10. The van der Waals surface area contributed by atoms with Crippen molar-refractivity contribution in [2.24, 2.45) is 0 Å². The van der Waals surface area contributed by atoms with Gasteiger partial charge in [-0.3, -0.25) is 4.40 Å². The second kappa shape index (κ2) is 7.68. The Kier molecular flexibility index (Phi) is 5.11. The van der Waals surface area contributed by atoms with E-state index in [1.54, 1.807) is 0 Å². The highest BCUT2D eigenvalue weighted by Gasteiger charge is 2.26. The zero-order valence-electron chi connectivity index (χ0n) is 15.2. The van der Waals surface area contributed by atoms with Crippen molar-refractivity contribution in [2.45, 2.75) is 44.7 Å². The van der Waals surface area contributed by atoms with Gasteiger partial charge in [0.25, 0.3) is 0 Å². The van der Waals surface area contributed by atoms with E-state index in [-0.39, 0.29) is 18.1 Å². The van der Waals surface area contributed by atoms with Crippen molar-refractivity contribution in [1.29, 1.82) is 0 Å². The van der Waals surface area contributed by atoms with Crippen LogP contribution in [0.3, 0.4) is 0 Å². The summed E-state index contributed by atoms with van der Waals surface area (Å²) in [5, 5.41) is 14.7. The number of benzene rings is 1. The van der Waals surface area contributed by atoms with Gasteiger partial charge in [0.1, 0.15) is 0 Å². The Morgan fingerprint density at radius 1 is 1.33 bits per heavy atom. The molecule has 27 heavy (non-hydrogen) atoms. The first-order valence-electron chi connectivity index (χ1n) is 9.30. The molecule has 0 spiro atoms. The van der Waals surface area contributed by atoms with Gasteiger partial charge in [-0.2, -0.15) is 0 Å². The molecule has 2 heterocycles. The second-order valence-corrected chi connectivity index (χ2v) is 7.80. The van der Waals surface area contributed by atoms with E-state index in [4.69, 9.17) is 0 Å². The van der Waals surface area contributed by atoms with E-state index in [1.165, 1.54) is 11.1 Å². The molecular formula is C20H22BrN5O. The molecule has 140 valence electrons. The number of pyridine rings is 1. The Labute approximate surface area is 166 Å². The molecule has 0 radical (unpaired) electrons. The number of rotatable bonds is 5. The first-order chi connectivity index (χ1) is 13.2. The fourth-order valence-corrected chi connectivity index (χ4v) is 4.15. The van der Waals surface area contributed by atoms with Gasteiger partial charge in [-0.15, -0.1) is 10.2 Å². The summed E-state index contributed by atoms with van der Waals surface area (Å²) in [7, 11) is 0. The highest BCUT2D eigenvalue weighted by atomic mass is 79.9. The van der Waals surface area contributed by atoms with E-state index in [9.17, 15) is 4.79 Å². The van der Waals surface area contributed by atoms with E-state index in [1.807, 2.05) is 34.9 Å². The Morgan fingerprint density at radius 2 is 2.22 bits per heavy atom. The Bertz CT molecular complexity index is 970. The fourth-order valence-electron chi connectivity index (χ4n) is 3.75. The van der Waals surface area contributed by atoms with E-state index in [2.05, 4.69) is 55.8 Å². The number of nitrogens with zero attached hydrogens (tertiary/aromatic N) is 3. The lowest BCUT2D eigenvalue weighted by Gasteiger charge is -2.20. The van der Waals surface area contributed by atoms with Crippen molar-refractivity contribution in [2.75, 3.05) is 0 Å². The van der Waals surface area contributed by atoms with Crippen molar-refractivity contribution in [3.05, 3.63) is 64.0 Å². The maximum absolute atomic E-state index is 12.7. The number of carbonyl (C=O) groups is 1. The number of nitrogens with one attached hydrogen (secondary N) is 2. The van der Waals surface area contributed by atoms with Crippen molar-refractivity contribution < 1.29 is 4.79 Å². The monoisotopic (exact) mass is 427 g/mol. The smallest absolute Gasteiger partial charge is 0.315 e. The normalized spacial score (nSPS) is 16.9. The minimum absolute atomic E-state index is 0.0468. The van der Waals surface area contributed by atoms with E-state index >= 15 is 0 Å². The molecule has 1 aliphatic rings. The summed E-state index contributed by atoms with van der Waals surface area (Å²) >= 11 is 3.51. The van der Waals surface area contributed by atoms with Crippen LogP contribution in [-0.4, -0.2) is 20.6 Å². The molecule has 6 nitrogen and oxygen atoms in total. The quantitative estimate of drug-likeness (QED) is 0.636. The van der Waals surface area contributed by atoms with Gasteiger partial charge in [0.05, 0.1) is 12.1 Å². The number of carbonyl (C=O) groups excluding carboxylic acids is 1. The van der Waals surface area contributed by atoms with Gasteiger partial charge >= 0.3 is 6.03 Å². The van der Waals surface area contributed by atoms with Crippen LogP contribution in [0.4, 0.5) is 4.79 Å². The van der Waals surface area contributed by atoms with Crippen LogP contribution < -0.4 is 10.6 Å². The van der Waals surface area contributed by atoms with Crippen LogP contribution >= 0.6 is 15.9 Å². The van der Waals surface area contributed by atoms with E-state index < -0.39 is 0 Å². The van der Waals surface area contributed by atoms with Gasteiger partial charge in [0, 0.05) is 10.7 Å². The number of urea groups is 1. The number of aryl methyl sites for hydroxylation is 1. The number of hydrogen-bond acceptors (Lipinski definition) is 3. The largest absolute Gasteiger partial charge is 0.331 e. The van der Waals surface area contributed by atoms with Crippen molar-refractivity contribution in [3.8, 4) is 0 Å². The van der Waals surface area contributed by atoms with Gasteiger partial charge in [-0.1, -0.05) is 41.4 Å². The molecular weight excluding hydrogens is 406 g/mol. The minimum atomic E-state index is -0.182. The van der Waals surface area contributed by atoms with Crippen LogP contribution in [0.5, 0.6) is 0 Å². The van der Waals surface area contributed by atoms with Crippen molar-refractivity contribution in [1.82, 2.24) is 25.2 Å². The van der Waals surface area contributed by atoms with Crippen LogP contribution in [0, 0.1) is 0 Å². The van der Waals surface area contributed by atoms with Gasteiger partial charge < -0.3 is 10.6 Å². The molecule has 0 fully saturated rings. The van der Waals surface area contributed by atoms with Gasteiger partial charge in [0.15, 0.2) is 11.5 Å². The molecule has 0 saturated heterocycles. The summed E-state index contributed by atoms with van der Waals surface area (Å²) < 4.78 is 3.01. The number of hydrogen-bond donors (Lipinski definition) is 2. The number of amides is 2. The SMILES string of the molecule is CCCC(NC(=O)NC1CCc2cc(Br)ccc21)c1nnc2ccccn12. The lowest BCUT2D eigenvalue weighted by atomic mass is 10.1. The summed E-state index contributed by atoms with van der Waals surface area (Å²) in [6.45, 7) is 2.10. The Morgan fingerprint density at radius 3 is 3.07 bits per heavy atom. The maximum atomic E-state index is 12.7. The molecule has 2 N–H and O–H groups in total. The molecule has 1 aromatic carbocycles. The molecule has 2 aromatic heterocycles. The molecule has 0 saturated carbocycles. The highest BCUT2D eigenvalue weighted by Crippen LogP contribution is 2.33. The van der Waals surface area contributed by atoms with Crippen LogP contribution in [0.1, 0.15) is 55.2 Å². The molecule has 4 rings (SSSR count). The molecule has 2 amide bonds. The number of aromatic nitrogens is 3. The predicted molar refractivity (Wildman–Crippen MR) is 108 cm³/mol. The van der Waals surface area contributed by atoms with Crippen LogP contribution in [0.2, 0.25) is 0 Å². The standard InChI is InChI=1S/C20H22BrN5O/c1-2-5-17(19-25-24-18-6-3-4-11-26(18)19)23-20(27)22-16-10-7-13-12-14(21)8-9-15(13)16/h3-4,6,8-9,11-12,16-17H,2,5,7,10H2,1H3,(H2,22,23,27). The lowest BCUT2D eigenvalue weighted by Crippen LogP contribution is -2.40. The Hall–Kier alpha value is -2.41. The molecule has 2 atom stereocenters. The second-order valence-electron chi connectivity index (χ2n) is 6.88. The van der Waals surface area contributed by atoms with Crippen LogP contribution in [0.15, 0.2) is 47.1 Å². The topological polar surface area (TPSA) is 71.3 Å². The zero-order valence-corrected chi connectivity index (χ0v) is 16.7. The molecule has 3 aromatic rings. The average molecular weight is 428 g/mol. The molecule has 1 aliphatic carbocycles. The minimum Gasteiger partial charge on any atom is -0.331 e. The van der Waals surface area contributed by atoms with Gasteiger partial charge in [0.2, 0.25) is 0 Å². The third kappa shape index (κ3) is 3.69. The molecule has 2 unspecified atom stereocenters. The van der Waals surface area contributed by atoms with Crippen molar-refractivity contribution in [3.63, 3.8) is 0 Å². The number of halogens is 1. The first-order valence-corrected chi connectivity index (χ1v) is 10.1. The zero-order chi connectivity index (χ0) is 18.8. The average Bonchev–Trinajstić information content (AvgIpc) is 3.25.